The van der Waals surface area contributed by atoms with Crippen LogP contribution in [-0.2, 0) is 11.3 Å². The number of thiazole rings is 1. The minimum Gasteiger partial charge on any atom is -0.497 e. The number of amides is 1. The van der Waals surface area contributed by atoms with E-state index in [1.54, 1.807) is 25.6 Å². The van der Waals surface area contributed by atoms with Crippen molar-refractivity contribution < 1.29 is 14.3 Å². The Bertz CT molecular complexity index is 1110. The van der Waals surface area contributed by atoms with Gasteiger partial charge in [-0.15, -0.1) is 11.3 Å². The molecule has 2 aliphatic rings. The fourth-order valence-corrected chi connectivity index (χ4v) is 6.06. The van der Waals surface area contributed by atoms with Gasteiger partial charge in [-0.25, -0.2) is 4.98 Å². The third kappa shape index (κ3) is 4.89. The standard InChI is InChI=1S/C26H32N4O3S/c1-32-19-9-10-23(33-2)20(16-19)22-7-5-11-30(22)26(31)18-29-14-12-28(13-15-29)17-25-27-21-6-3-4-8-24(21)34-25/h3-4,6,8-10,16,22H,5,7,11-15,17-18H2,1-2H3/t22-/m1/s1. The normalized spacial score (nSPS) is 19.6. The van der Waals surface area contributed by atoms with E-state index in [0.29, 0.717) is 6.54 Å². The van der Waals surface area contributed by atoms with Crippen molar-refractivity contribution >= 4 is 27.5 Å². The largest absolute Gasteiger partial charge is 0.497 e. The Morgan fingerprint density at radius 2 is 1.82 bits per heavy atom. The zero-order valence-electron chi connectivity index (χ0n) is 19.9. The highest BCUT2D eigenvalue weighted by Crippen LogP contribution is 2.39. The number of carbonyl (C=O) groups excluding carboxylic acids is 1. The fourth-order valence-electron chi connectivity index (χ4n) is 5.05. The zero-order valence-corrected chi connectivity index (χ0v) is 20.7. The molecule has 2 fully saturated rings. The number of piperazine rings is 1. The van der Waals surface area contributed by atoms with Gasteiger partial charge in [-0.3, -0.25) is 14.6 Å². The minimum atomic E-state index is 0.0397. The van der Waals surface area contributed by atoms with E-state index in [0.717, 1.165) is 79.7 Å². The monoisotopic (exact) mass is 480 g/mol. The number of likely N-dealkylation sites (tertiary alicyclic amines) is 1. The molecule has 0 unspecified atom stereocenters. The Kier molecular flexibility index (Phi) is 6.99. The van der Waals surface area contributed by atoms with Crippen molar-refractivity contribution in [3.8, 4) is 11.5 Å². The number of carbonyl (C=O) groups is 1. The number of fused-ring (bicyclic) bond motifs is 1. The van der Waals surface area contributed by atoms with Gasteiger partial charge in [0.25, 0.3) is 0 Å². The molecule has 2 aromatic carbocycles. The molecule has 0 spiro atoms. The third-order valence-corrected chi connectivity index (χ3v) is 7.91. The summed E-state index contributed by atoms with van der Waals surface area (Å²) >= 11 is 1.78. The van der Waals surface area contributed by atoms with Crippen molar-refractivity contribution in [3.63, 3.8) is 0 Å². The molecule has 1 amide bonds. The van der Waals surface area contributed by atoms with Gasteiger partial charge in [-0.1, -0.05) is 12.1 Å². The number of ether oxygens (including phenoxy) is 2. The number of methoxy groups -OCH3 is 2. The molecule has 0 radical (unpaired) electrons. The second-order valence-electron chi connectivity index (χ2n) is 8.98. The topological polar surface area (TPSA) is 58.1 Å². The SMILES string of the molecule is COc1ccc(OC)c([C@H]2CCCN2C(=O)CN2CCN(Cc3nc4ccccc4s3)CC2)c1. The second-order valence-corrected chi connectivity index (χ2v) is 10.1. The molecule has 0 aliphatic carbocycles. The van der Waals surface area contributed by atoms with Crippen LogP contribution in [0.1, 0.15) is 29.5 Å². The molecule has 2 aliphatic heterocycles. The van der Waals surface area contributed by atoms with E-state index in [2.05, 4.69) is 28.0 Å². The predicted octanol–water partition coefficient (Wildman–Crippen LogP) is 3.79. The Hall–Kier alpha value is -2.68. The molecule has 5 rings (SSSR count). The number of nitrogens with zero attached hydrogens (tertiary/aromatic N) is 4. The zero-order chi connectivity index (χ0) is 23.5. The maximum Gasteiger partial charge on any atom is 0.237 e. The fraction of sp³-hybridized carbons (Fsp3) is 0.462. The molecule has 2 saturated heterocycles. The molecule has 8 heteroatoms. The Morgan fingerprint density at radius 3 is 2.59 bits per heavy atom. The summed E-state index contributed by atoms with van der Waals surface area (Å²) in [5.74, 6) is 1.81. The summed E-state index contributed by atoms with van der Waals surface area (Å²) in [5.41, 5.74) is 2.12. The Labute approximate surface area is 204 Å². The van der Waals surface area contributed by atoms with Crippen LogP contribution in [0.4, 0.5) is 0 Å². The molecular weight excluding hydrogens is 448 g/mol. The van der Waals surface area contributed by atoms with Crippen LogP contribution < -0.4 is 9.47 Å². The molecule has 1 atom stereocenters. The average molecular weight is 481 g/mol. The van der Waals surface area contributed by atoms with Crippen LogP contribution in [0, 0.1) is 0 Å². The van der Waals surface area contributed by atoms with Gasteiger partial charge < -0.3 is 14.4 Å². The summed E-state index contributed by atoms with van der Waals surface area (Å²) < 4.78 is 12.3. The quantitative estimate of drug-likeness (QED) is 0.513. The molecule has 3 aromatic rings. The summed E-state index contributed by atoms with van der Waals surface area (Å²) in [5, 5.41) is 1.16. The van der Waals surface area contributed by atoms with Crippen LogP contribution in [0.5, 0.6) is 11.5 Å². The molecule has 180 valence electrons. The number of rotatable bonds is 7. The number of hydrogen-bond donors (Lipinski definition) is 0. The van der Waals surface area contributed by atoms with Crippen LogP contribution in [-0.4, -0.2) is 79.1 Å². The lowest BCUT2D eigenvalue weighted by atomic mass is 10.0. The van der Waals surface area contributed by atoms with Gasteiger partial charge in [0.05, 0.1) is 43.6 Å². The number of benzene rings is 2. The second kappa shape index (κ2) is 10.3. The van der Waals surface area contributed by atoms with Crippen LogP contribution >= 0.6 is 11.3 Å². The van der Waals surface area contributed by atoms with Gasteiger partial charge in [-0.05, 0) is 43.2 Å². The smallest absolute Gasteiger partial charge is 0.237 e. The maximum absolute atomic E-state index is 13.3. The first-order valence-electron chi connectivity index (χ1n) is 11.9. The van der Waals surface area contributed by atoms with Crippen molar-refractivity contribution in [1.29, 1.82) is 0 Å². The first-order chi connectivity index (χ1) is 16.6. The molecule has 0 bridgehead atoms. The van der Waals surface area contributed by atoms with E-state index in [1.165, 1.54) is 4.70 Å². The van der Waals surface area contributed by atoms with Gasteiger partial charge in [0, 0.05) is 38.3 Å². The van der Waals surface area contributed by atoms with Crippen molar-refractivity contribution in [2.75, 3.05) is 53.5 Å². The molecule has 1 aromatic heterocycles. The summed E-state index contributed by atoms with van der Waals surface area (Å²) in [6, 6.07) is 14.2. The highest BCUT2D eigenvalue weighted by atomic mass is 32.1. The highest BCUT2D eigenvalue weighted by molar-refractivity contribution is 7.18. The van der Waals surface area contributed by atoms with E-state index < -0.39 is 0 Å². The van der Waals surface area contributed by atoms with Crippen LogP contribution in [0.3, 0.4) is 0 Å². The first-order valence-corrected chi connectivity index (χ1v) is 12.8. The van der Waals surface area contributed by atoms with Crippen molar-refractivity contribution in [3.05, 3.63) is 53.0 Å². The van der Waals surface area contributed by atoms with E-state index >= 15 is 0 Å². The first kappa shape index (κ1) is 23.1. The van der Waals surface area contributed by atoms with E-state index in [1.807, 2.05) is 29.2 Å². The molecular formula is C26H32N4O3S. The van der Waals surface area contributed by atoms with Gasteiger partial charge in [0.15, 0.2) is 0 Å². The van der Waals surface area contributed by atoms with Gasteiger partial charge >= 0.3 is 0 Å². The van der Waals surface area contributed by atoms with Gasteiger partial charge in [0.2, 0.25) is 5.91 Å². The van der Waals surface area contributed by atoms with Crippen molar-refractivity contribution in [2.45, 2.75) is 25.4 Å². The molecule has 0 saturated carbocycles. The number of para-hydroxylation sites is 1. The lowest BCUT2D eigenvalue weighted by Gasteiger charge is -2.35. The van der Waals surface area contributed by atoms with Crippen molar-refractivity contribution in [1.82, 2.24) is 19.7 Å². The van der Waals surface area contributed by atoms with E-state index in [9.17, 15) is 4.79 Å². The van der Waals surface area contributed by atoms with E-state index in [4.69, 9.17) is 14.5 Å². The Morgan fingerprint density at radius 1 is 1.03 bits per heavy atom. The highest BCUT2D eigenvalue weighted by Gasteiger charge is 2.33. The maximum atomic E-state index is 13.3. The lowest BCUT2D eigenvalue weighted by molar-refractivity contribution is -0.133. The number of aromatic nitrogens is 1. The van der Waals surface area contributed by atoms with Crippen LogP contribution in [0.2, 0.25) is 0 Å². The number of hydrogen-bond acceptors (Lipinski definition) is 7. The molecule has 7 nitrogen and oxygen atoms in total. The van der Waals surface area contributed by atoms with E-state index in [-0.39, 0.29) is 11.9 Å². The lowest BCUT2D eigenvalue weighted by Crippen LogP contribution is -2.49. The Balaban J connectivity index is 1.17. The van der Waals surface area contributed by atoms with Crippen LogP contribution in [0.25, 0.3) is 10.2 Å². The molecule has 34 heavy (non-hydrogen) atoms. The minimum absolute atomic E-state index is 0.0397. The van der Waals surface area contributed by atoms with Crippen molar-refractivity contribution in [2.24, 2.45) is 0 Å². The summed E-state index contributed by atoms with van der Waals surface area (Å²) in [7, 11) is 3.35. The van der Waals surface area contributed by atoms with Gasteiger partial charge in [-0.2, -0.15) is 0 Å². The average Bonchev–Trinajstić information content (AvgIpc) is 3.51. The van der Waals surface area contributed by atoms with Gasteiger partial charge in [0.1, 0.15) is 16.5 Å². The summed E-state index contributed by atoms with van der Waals surface area (Å²) in [6.45, 7) is 5.85. The summed E-state index contributed by atoms with van der Waals surface area (Å²) in [4.78, 5) is 24.8. The van der Waals surface area contributed by atoms with Crippen LogP contribution in [0.15, 0.2) is 42.5 Å². The third-order valence-electron chi connectivity index (χ3n) is 6.89. The predicted molar refractivity (Wildman–Crippen MR) is 135 cm³/mol. The molecule has 3 heterocycles. The summed E-state index contributed by atoms with van der Waals surface area (Å²) in [6.07, 6.45) is 1.96. The molecule has 0 N–H and O–H groups in total.